The number of anilines is 1. The van der Waals surface area contributed by atoms with Gasteiger partial charge in [0, 0.05) is 12.7 Å². The first-order valence-corrected chi connectivity index (χ1v) is 6.85. The molecule has 0 saturated carbocycles. The predicted octanol–water partition coefficient (Wildman–Crippen LogP) is 3.89. The molecule has 0 aromatic heterocycles. The summed E-state index contributed by atoms with van der Waals surface area (Å²) < 4.78 is 13.0. The topological polar surface area (TPSA) is 46.3 Å². The number of nitrogen functional groups attached to an aromatic ring is 1. The molecule has 0 spiro atoms. The number of hydrogen-bond donors (Lipinski definition) is 1. The van der Waals surface area contributed by atoms with Gasteiger partial charge in [0.2, 0.25) is 0 Å². The standard InChI is InChI=1S/C16H16ClFN2O/c1-10(11-3-5-12(18)6-4-11)20(2)16(21)14-8-7-13(19)9-15(14)17/h3-10H,19H2,1-2H3. The Labute approximate surface area is 128 Å². The normalized spacial score (nSPS) is 12.0. The number of benzene rings is 2. The highest BCUT2D eigenvalue weighted by molar-refractivity contribution is 6.34. The van der Waals surface area contributed by atoms with Crippen LogP contribution in [0, 0.1) is 5.82 Å². The number of nitrogens with two attached hydrogens (primary N) is 1. The number of halogens is 2. The summed E-state index contributed by atoms with van der Waals surface area (Å²) in [5.74, 6) is -0.515. The molecule has 3 nitrogen and oxygen atoms in total. The quantitative estimate of drug-likeness (QED) is 0.874. The van der Waals surface area contributed by atoms with Crippen molar-refractivity contribution < 1.29 is 9.18 Å². The van der Waals surface area contributed by atoms with Crippen LogP contribution in [0.4, 0.5) is 10.1 Å². The van der Waals surface area contributed by atoms with Crippen molar-refractivity contribution in [2.24, 2.45) is 0 Å². The minimum absolute atomic E-state index is 0.202. The molecule has 0 fully saturated rings. The molecule has 1 unspecified atom stereocenters. The maximum atomic E-state index is 13.0. The Morgan fingerprint density at radius 1 is 1.24 bits per heavy atom. The first-order valence-electron chi connectivity index (χ1n) is 6.48. The summed E-state index contributed by atoms with van der Waals surface area (Å²) in [6.45, 7) is 1.87. The zero-order chi connectivity index (χ0) is 15.6. The predicted molar refractivity (Wildman–Crippen MR) is 82.8 cm³/mol. The van der Waals surface area contributed by atoms with Gasteiger partial charge in [-0.05, 0) is 42.8 Å². The summed E-state index contributed by atoms with van der Waals surface area (Å²) in [5, 5.41) is 0.318. The zero-order valence-electron chi connectivity index (χ0n) is 11.8. The number of rotatable bonds is 3. The Kier molecular flexibility index (Phi) is 4.48. The lowest BCUT2D eigenvalue weighted by molar-refractivity contribution is 0.0743. The Hall–Kier alpha value is -2.07. The molecule has 110 valence electrons. The highest BCUT2D eigenvalue weighted by Gasteiger charge is 2.21. The first kappa shape index (κ1) is 15.3. The van der Waals surface area contributed by atoms with Crippen LogP contribution in [0.5, 0.6) is 0 Å². The van der Waals surface area contributed by atoms with Crippen LogP contribution in [0.1, 0.15) is 28.9 Å². The number of nitrogens with zero attached hydrogens (tertiary/aromatic N) is 1. The minimum atomic E-state index is -0.304. The molecule has 0 saturated heterocycles. The molecule has 21 heavy (non-hydrogen) atoms. The second-order valence-corrected chi connectivity index (χ2v) is 5.29. The smallest absolute Gasteiger partial charge is 0.255 e. The van der Waals surface area contributed by atoms with Crippen molar-refractivity contribution in [3.63, 3.8) is 0 Å². The summed E-state index contributed by atoms with van der Waals surface area (Å²) in [6, 6.07) is 10.7. The van der Waals surface area contributed by atoms with Crippen molar-refractivity contribution in [1.82, 2.24) is 4.90 Å². The molecule has 0 radical (unpaired) electrons. The molecule has 0 aliphatic heterocycles. The molecular formula is C16H16ClFN2O. The van der Waals surface area contributed by atoms with Crippen LogP contribution >= 0.6 is 11.6 Å². The van der Waals surface area contributed by atoms with Gasteiger partial charge in [-0.3, -0.25) is 4.79 Å². The summed E-state index contributed by atoms with van der Waals surface area (Å²) in [4.78, 5) is 14.0. The van der Waals surface area contributed by atoms with Gasteiger partial charge >= 0.3 is 0 Å². The monoisotopic (exact) mass is 306 g/mol. The van der Waals surface area contributed by atoms with Crippen molar-refractivity contribution in [3.8, 4) is 0 Å². The molecule has 2 N–H and O–H groups in total. The van der Waals surface area contributed by atoms with Crippen LogP contribution in [0.25, 0.3) is 0 Å². The van der Waals surface area contributed by atoms with Crippen molar-refractivity contribution in [3.05, 3.63) is 64.4 Å². The van der Waals surface area contributed by atoms with Gasteiger partial charge in [-0.15, -0.1) is 0 Å². The van der Waals surface area contributed by atoms with E-state index in [1.807, 2.05) is 6.92 Å². The molecule has 1 amide bonds. The third-order valence-corrected chi connectivity index (χ3v) is 3.79. The van der Waals surface area contributed by atoms with E-state index in [0.717, 1.165) is 5.56 Å². The van der Waals surface area contributed by atoms with Crippen LogP contribution in [-0.2, 0) is 0 Å². The second kappa shape index (κ2) is 6.14. The zero-order valence-corrected chi connectivity index (χ0v) is 12.6. The highest BCUT2D eigenvalue weighted by Crippen LogP contribution is 2.25. The number of carbonyl (C=O) groups excluding carboxylic acids is 1. The van der Waals surface area contributed by atoms with Gasteiger partial charge < -0.3 is 10.6 Å². The minimum Gasteiger partial charge on any atom is -0.399 e. The average molecular weight is 307 g/mol. The van der Waals surface area contributed by atoms with Gasteiger partial charge in [-0.1, -0.05) is 23.7 Å². The maximum Gasteiger partial charge on any atom is 0.255 e. The third kappa shape index (κ3) is 3.34. The molecule has 2 rings (SSSR count). The summed E-state index contributed by atoms with van der Waals surface area (Å²) >= 11 is 6.06. The molecule has 2 aromatic rings. The van der Waals surface area contributed by atoms with Crippen molar-refractivity contribution in [2.75, 3.05) is 12.8 Å². The van der Waals surface area contributed by atoms with Crippen molar-refractivity contribution in [1.29, 1.82) is 0 Å². The van der Waals surface area contributed by atoms with E-state index in [-0.39, 0.29) is 17.8 Å². The number of hydrogen-bond acceptors (Lipinski definition) is 2. The van der Waals surface area contributed by atoms with E-state index < -0.39 is 0 Å². The lowest BCUT2D eigenvalue weighted by Crippen LogP contribution is -2.29. The van der Waals surface area contributed by atoms with Gasteiger partial charge in [-0.2, -0.15) is 0 Å². The summed E-state index contributed by atoms with van der Waals surface area (Å²) in [6.07, 6.45) is 0. The number of carbonyl (C=O) groups is 1. The van der Waals surface area contributed by atoms with Crippen LogP contribution in [0.3, 0.4) is 0 Å². The fourth-order valence-corrected chi connectivity index (χ4v) is 2.31. The Balaban J connectivity index is 2.24. The van der Waals surface area contributed by atoms with Crippen LogP contribution < -0.4 is 5.73 Å². The number of amides is 1. The Bertz CT molecular complexity index is 658. The fourth-order valence-electron chi connectivity index (χ4n) is 2.04. The van der Waals surface area contributed by atoms with E-state index in [9.17, 15) is 9.18 Å². The van der Waals surface area contributed by atoms with Crippen molar-refractivity contribution in [2.45, 2.75) is 13.0 Å². The van der Waals surface area contributed by atoms with Gasteiger partial charge in [0.25, 0.3) is 5.91 Å². The van der Waals surface area contributed by atoms with E-state index in [4.69, 9.17) is 17.3 Å². The fraction of sp³-hybridized carbons (Fsp3) is 0.188. The molecule has 0 bridgehead atoms. The van der Waals surface area contributed by atoms with Gasteiger partial charge in [-0.25, -0.2) is 4.39 Å². The molecule has 0 heterocycles. The highest BCUT2D eigenvalue weighted by atomic mass is 35.5. The molecular weight excluding hydrogens is 291 g/mol. The van der Waals surface area contributed by atoms with Gasteiger partial charge in [0.05, 0.1) is 16.6 Å². The SMILES string of the molecule is CC(c1ccc(F)cc1)N(C)C(=O)c1ccc(N)cc1Cl. The molecule has 2 aromatic carbocycles. The van der Waals surface area contributed by atoms with E-state index in [2.05, 4.69) is 0 Å². The molecule has 0 aliphatic rings. The molecule has 0 aliphatic carbocycles. The van der Waals surface area contributed by atoms with Gasteiger partial charge in [0.1, 0.15) is 5.82 Å². The third-order valence-electron chi connectivity index (χ3n) is 3.48. The van der Waals surface area contributed by atoms with Crippen molar-refractivity contribution >= 4 is 23.2 Å². The Morgan fingerprint density at radius 2 is 1.86 bits per heavy atom. The first-order chi connectivity index (χ1) is 9.90. The van der Waals surface area contributed by atoms with E-state index in [0.29, 0.717) is 16.3 Å². The van der Waals surface area contributed by atoms with Crippen LogP contribution in [-0.4, -0.2) is 17.9 Å². The lowest BCUT2D eigenvalue weighted by atomic mass is 10.1. The van der Waals surface area contributed by atoms with Crippen LogP contribution in [0.2, 0.25) is 5.02 Å². The largest absolute Gasteiger partial charge is 0.399 e. The Morgan fingerprint density at radius 3 is 2.43 bits per heavy atom. The molecule has 1 atom stereocenters. The summed E-state index contributed by atoms with van der Waals surface area (Å²) in [5.41, 5.74) is 7.37. The van der Waals surface area contributed by atoms with Crippen LogP contribution in [0.15, 0.2) is 42.5 Å². The second-order valence-electron chi connectivity index (χ2n) is 4.88. The van der Waals surface area contributed by atoms with Gasteiger partial charge in [0.15, 0.2) is 0 Å². The summed E-state index contributed by atoms with van der Waals surface area (Å²) in [7, 11) is 1.68. The maximum absolute atomic E-state index is 13.0. The average Bonchev–Trinajstić information content (AvgIpc) is 2.46. The van der Waals surface area contributed by atoms with E-state index in [1.165, 1.54) is 12.1 Å². The van der Waals surface area contributed by atoms with E-state index in [1.54, 1.807) is 42.3 Å². The lowest BCUT2D eigenvalue weighted by Gasteiger charge is -2.26. The van der Waals surface area contributed by atoms with E-state index >= 15 is 0 Å². The molecule has 5 heteroatoms.